The molecule has 1 saturated heterocycles. The van der Waals surface area contributed by atoms with E-state index in [1.165, 1.54) is 15.8 Å². The highest BCUT2D eigenvalue weighted by Crippen LogP contribution is 2.21. The second-order valence-electron chi connectivity index (χ2n) is 8.12. The van der Waals surface area contributed by atoms with Gasteiger partial charge in [-0.15, -0.1) is 0 Å². The van der Waals surface area contributed by atoms with Gasteiger partial charge in [0.1, 0.15) is 12.4 Å². The van der Waals surface area contributed by atoms with Crippen molar-refractivity contribution in [2.75, 3.05) is 46.4 Å². The van der Waals surface area contributed by atoms with Crippen LogP contribution in [0, 0.1) is 0 Å². The van der Waals surface area contributed by atoms with E-state index < -0.39 is 10.0 Å². The molecule has 0 radical (unpaired) electrons. The van der Waals surface area contributed by atoms with Crippen LogP contribution in [0.5, 0.6) is 5.75 Å². The first-order valence-corrected chi connectivity index (χ1v) is 12.7. The molecule has 1 amide bonds. The molecular weight excluding hydrogens is 450 g/mol. The van der Waals surface area contributed by atoms with Crippen molar-refractivity contribution in [1.82, 2.24) is 14.5 Å². The van der Waals surface area contributed by atoms with E-state index in [4.69, 9.17) is 4.74 Å². The Morgan fingerprint density at radius 1 is 0.971 bits per heavy atom. The predicted molar refractivity (Wildman–Crippen MR) is 134 cm³/mol. The number of ether oxygens (including phenoxy) is 1. The molecular formula is C26H29N3O4S. The van der Waals surface area contributed by atoms with Crippen molar-refractivity contribution in [3.63, 3.8) is 0 Å². The molecule has 3 aromatic rings. The van der Waals surface area contributed by atoms with Crippen LogP contribution in [0.3, 0.4) is 0 Å². The maximum absolute atomic E-state index is 13.1. The first-order chi connectivity index (χ1) is 16.5. The third-order valence-corrected chi connectivity index (χ3v) is 7.79. The number of piperazine rings is 1. The summed E-state index contributed by atoms with van der Waals surface area (Å²) in [4.78, 5) is 13.9. The lowest BCUT2D eigenvalue weighted by Crippen LogP contribution is -2.49. The van der Waals surface area contributed by atoms with Crippen molar-refractivity contribution >= 4 is 32.8 Å². The summed E-state index contributed by atoms with van der Waals surface area (Å²) in [5.74, 6) is 0.597. The van der Waals surface area contributed by atoms with Gasteiger partial charge >= 0.3 is 0 Å². The third-order valence-electron chi connectivity index (χ3n) is 5.90. The average molecular weight is 480 g/mol. The van der Waals surface area contributed by atoms with Crippen LogP contribution in [-0.4, -0.2) is 69.9 Å². The zero-order valence-electron chi connectivity index (χ0n) is 19.2. The summed E-state index contributed by atoms with van der Waals surface area (Å²) in [6.45, 7) is 3.44. The fraction of sp³-hybridized carbons (Fsp3) is 0.269. The summed E-state index contributed by atoms with van der Waals surface area (Å²) < 4.78 is 33.7. The minimum atomic E-state index is -3.60. The Hall–Kier alpha value is -3.20. The molecule has 1 aliphatic rings. The van der Waals surface area contributed by atoms with Crippen LogP contribution in [0.25, 0.3) is 16.8 Å². The summed E-state index contributed by atoms with van der Waals surface area (Å²) in [5, 5.41) is 4.83. The van der Waals surface area contributed by atoms with Gasteiger partial charge in [-0.3, -0.25) is 9.69 Å². The highest BCUT2D eigenvalue weighted by atomic mass is 32.2. The standard InChI is InChI=1S/C26H29N3O4S/c1-27-26(30)12-9-21-5-4-8-25(19-21)34(31,32)29-15-13-28(14-16-29)17-18-33-24-11-10-22-6-2-3-7-23(22)20-24/h2-12,19-20H,13-18H2,1H3,(H,27,30)/b12-9+. The van der Waals surface area contributed by atoms with Crippen LogP contribution in [0.2, 0.25) is 0 Å². The topological polar surface area (TPSA) is 79.0 Å². The quantitative estimate of drug-likeness (QED) is 0.503. The molecule has 0 spiro atoms. The molecule has 0 unspecified atom stereocenters. The molecule has 7 nitrogen and oxygen atoms in total. The Morgan fingerprint density at radius 2 is 1.74 bits per heavy atom. The van der Waals surface area contributed by atoms with Crippen LogP contribution >= 0.6 is 0 Å². The van der Waals surface area contributed by atoms with E-state index in [0.29, 0.717) is 38.3 Å². The molecule has 1 N–H and O–H groups in total. The smallest absolute Gasteiger partial charge is 0.243 e. The summed E-state index contributed by atoms with van der Waals surface area (Å²) >= 11 is 0. The average Bonchev–Trinajstić information content (AvgIpc) is 2.87. The number of carbonyl (C=O) groups excluding carboxylic acids is 1. The van der Waals surface area contributed by atoms with Gasteiger partial charge in [0.05, 0.1) is 4.90 Å². The number of nitrogens with one attached hydrogen (secondary N) is 1. The van der Waals surface area contributed by atoms with Crippen molar-refractivity contribution in [2.24, 2.45) is 0 Å². The molecule has 1 aliphatic heterocycles. The summed E-state index contributed by atoms with van der Waals surface area (Å²) in [7, 11) is -2.05. The van der Waals surface area contributed by atoms with Crippen molar-refractivity contribution in [2.45, 2.75) is 4.90 Å². The number of hydrogen-bond acceptors (Lipinski definition) is 5. The number of hydrogen-bond donors (Lipinski definition) is 1. The molecule has 3 aromatic carbocycles. The van der Waals surface area contributed by atoms with E-state index in [9.17, 15) is 13.2 Å². The van der Waals surface area contributed by atoms with E-state index in [-0.39, 0.29) is 10.8 Å². The first kappa shape index (κ1) is 23.9. The number of fused-ring (bicyclic) bond motifs is 1. The molecule has 0 saturated carbocycles. The minimum absolute atomic E-state index is 0.236. The van der Waals surface area contributed by atoms with Crippen LogP contribution in [0.1, 0.15) is 5.56 Å². The Balaban J connectivity index is 1.29. The summed E-state index contributed by atoms with van der Waals surface area (Å²) in [6, 6.07) is 20.9. The molecule has 34 heavy (non-hydrogen) atoms. The van der Waals surface area contributed by atoms with Gasteiger partial charge in [0, 0.05) is 45.8 Å². The van der Waals surface area contributed by atoms with Gasteiger partial charge in [-0.05, 0) is 46.7 Å². The molecule has 1 heterocycles. The maximum Gasteiger partial charge on any atom is 0.243 e. The van der Waals surface area contributed by atoms with E-state index in [1.807, 2.05) is 24.3 Å². The Morgan fingerprint density at radius 3 is 2.50 bits per heavy atom. The number of nitrogens with zero attached hydrogens (tertiary/aromatic N) is 2. The second kappa shape index (κ2) is 10.8. The van der Waals surface area contributed by atoms with E-state index in [1.54, 1.807) is 37.4 Å². The van der Waals surface area contributed by atoms with E-state index >= 15 is 0 Å². The second-order valence-corrected chi connectivity index (χ2v) is 10.1. The van der Waals surface area contributed by atoms with Gasteiger partial charge in [-0.1, -0.05) is 42.5 Å². The lowest BCUT2D eigenvalue weighted by molar-refractivity contribution is -0.115. The Labute approximate surface area is 200 Å². The fourth-order valence-electron chi connectivity index (χ4n) is 3.93. The highest BCUT2D eigenvalue weighted by Gasteiger charge is 2.28. The number of likely N-dealkylation sites (N-methyl/N-ethyl adjacent to an activating group) is 1. The van der Waals surface area contributed by atoms with Crippen molar-refractivity contribution in [1.29, 1.82) is 0 Å². The van der Waals surface area contributed by atoms with Crippen LogP contribution in [0.15, 0.2) is 77.7 Å². The molecule has 1 fully saturated rings. The fourth-order valence-corrected chi connectivity index (χ4v) is 5.40. The lowest BCUT2D eigenvalue weighted by atomic mass is 10.1. The van der Waals surface area contributed by atoms with Crippen LogP contribution in [-0.2, 0) is 14.8 Å². The zero-order chi connectivity index (χ0) is 24.0. The van der Waals surface area contributed by atoms with Gasteiger partial charge in [-0.2, -0.15) is 4.31 Å². The molecule has 8 heteroatoms. The van der Waals surface area contributed by atoms with E-state index in [2.05, 4.69) is 28.4 Å². The largest absolute Gasteiger partial charge is 0.492 e. The monoisotopic (exact) mass is 479 g/mol. The molecule has 4 rings (SSSR count). The summed E-state index contributed by atoms with van der Waals surface area (Å²) in [6.07, 6.45) is 2.98. The van der Waals surface area contributed by atoms with Gasteiger partial charge in [0.25, 0.3) is 0 Å². The number of benzene rings is 3. The SMILES string of the molecule is CNC(=O)/C=C/c1cccc(S(=O)(=O)N2CCN(CCOc3ccc4ccccc4c3)CC2)c1. The van der Waals surface area contributed by atoms with Gasteiger partial charge in [0.2, 0.25) is 15.9 Å². The predicted octanol–water partition coefficient (Wildman–Crippen LogP) is 2.98. The molecule has 0 bridgehead atoms. The lowest BCUT2D eigenvalue weighted by Gasteiger charge is -2.33. The van der Waals surface area contributed by atoms with Crippen molar-refractivity contribution in [3.8, 4) is 5.75 Å². The van der Waals surface area contributed by atoms with Gasteiger partial charge in [0.15, 0.2) is 0 Å². The van der Waals surface area contributed by atoms with Crippen molar-refractivity contribution < 1.29 is 17.9 Å². The van der Waals surface area contributed by atoms with Crippen LogP contribution < -0.4 is 10.1 Å². The number of rotatable bonds is 8. The molecule has 0 aromatic heterocycles. The zero-order valence-corrected chi connectivity index (χ0v) is 20.0. The van der Waals surface area contributed by atoms with Gasteiger partial charge < -0.3 is 10.1 Å². The third kappa shape index (κ3) is 5.83. The number of amides is 1. The molecule has 178 valence electrons. The summed E-state index contributed by atoms with van der Waals surface area (Å²) in [5.41, 5.74) is 0.661. The molecule has 0 aliphatic carbocycles. The number of sulfonamides is 1. The Bertz CT molecular complexity index is 1280. The van der Waals surface area contributed by atoms with E-state index in [0.717, 1.165) is 17.7 Å². The minimum Gasteiger partial charge on any atom is -0.492 e. The highest BCUT2D eigenvalue weighted by molar-refractivity contribution is 7.89. The van der Waals surface area contributed by atoms with Gasteiger partial charge in [-0.25, -0.2) is 8.42 Å². The molecule has 0 atom stereocenters. The first-order valence-electron chi connectivity index (χ1n) is 11.3. The number of carbonyl (C=O) groups is 1. The maximum atomic E-state index is 13.1. The normalized spacial score (nSPS) is 15.6. The Kier molecular flexibility index (Phi) is 7.62. The van der Waals surface area contributed by atoms with Crippen molar-refractivity contribution in [3.05, 3.63) is 78.4 Å². The van der Waals surface area contributed by atoms with Crippen LogP contribution in [0.4, 0.5) is 0 Å².